The fourth-order valence-corrected chi connectivity index (χ4v) is 2.57. The topological polar surface area (TPSA) is 50.7 Å². The molecule has 1 aliphatic rings. The number of hydrogen-bond acceptors (Lipinski definition) is 3. The van der Waals surface area contributed by atoms with Crippen LogP contribution in [0.15, 0.2) is 55.3 Å². The van der Waals surface area contributed by atoms with Crippen LogP contribution in [0, 0.1) is 0 Å². The van der Waals surface area contributed by atoms with Crippen molar-refractivity contribution in [2.75, 3.05) is 5.73 Å². The van der Waals surface area contributed by atoms with Gasteiger partial charge in [0.15, 0.2) is 6.17 Å². The van der Waals surface area contributed by atoms with Crippen LogP contribution in [0.4, 0.5) is 5.69 Å². The number of benzene rings is 2. The Bertz CT molecular complexity index is 723. The first-order chi connectivity index (χ1) is 8.65. The average Bonchev–Trinajstić information content (AvgIpc) is 2.80. The summed E-state index contributed by atoms with van der Waals surface area (Å²) in [6.07, 6.45) is -0.175. The van der Waals surface area contributed by atoms with Crippen LogP contribution in [-0.2, 0) is 0 Å². The molecule has 0 amide bonds. The molecule has 3 rings (SSSR count). The maximum absolute atomic E-state index is 5.84. The first-order valence-electron chi connectivity index (χ1n) is 5.40. The molecule has 2 aromatic carbocycles. The molecule has 0 bridgehead atoms. The zero-order chi connectivity index (χ0) is 12.7. The largest absolute Gasteiger partial charge is 0.398 e. The van der Waals surface area contributed by atoms with Crippen molar-refractivity contribution in [1.82, 2.24) is 0 Å². The highest BCUT2D eigenvalue weighted by Gasteiger charge is 2.14. The third-order valence-electron chi connectivity index (χ3n) is 2.81. The molecular weight excluding hydrogens is 358 g/mol. The Morgan fingerprint density at radius 1 is 0.944 bits per heavy atom. The quantitative estimate of drug-likeness (QED) is 0.775. The van der Waals surface area contributed by atoms with Gasteiger partial charge in [-0.05, 0) is 45.8 Å². The van der Waals surface area contributed by atoms with Crippen LogP contribution in [-0.4, -0.2) is 0 Å². The summed E-state index contributed by atoms with van der Waals surface area (Å²) in [4.78, 5) is 9.19. The number of anilines is 1. The van der Waals surface area contributed by atoms with E-state index in [2.05, 4.69) is 41.8 Å². The van der Waals surface area contributed by atoms with E-state index in [1.54, 1.807) is 0 Å². The molecular formula is C13H9Br2N3. The predicted octanol–water partition coefficient (Wildman–Crippen LogP) is 2.75. The normalized spacial score (nSPS) is 16.9. The van der Waals surface area contributed by atoms with Gasteiger partial charge in [-0.2, -0.15) is 0 Å². The summed E-state index contributed by atoms with van der Waals surface area (Å²) in [5, 5.41) is 1.71. The molecule has 0 spiro atoms. The minimum absolute atomic E-state index is 0.175. The zero-order valence-corrected chi connectivity index (χ0v) is 12.4. The second kappa shape index (κ2) is 4.48. The standard InChI is InChI=1S/C13H9Br2N3/c14-8-3-1-7(2-4-8)13-17-10-6-5-9(16)11(15)12(10)18-13/h1-6,13H,16H2. The van der Waals surface area contributed by atoms with Crippen molar-refractivity contribution in [3.8, 4) is 0 Å². The lowest BCUT2D eigenvalue weighted by molar-refractivity contribution is 0.770. The number of rotatable bonds is 1. The van der Waals surface area contributed by atoms with Crippen molar-refractivity contribution < 1.29 is 0 Å². The molecule has 0 fully saturated rings. The molecule has 1 heterocycles. The van der Waals surface area contributed by atoms with E-state index >= 15 is 0 Å². The van der Waals surface area contributed by atoms with Gasteiger partial charge in [-0.3, -0.25) is 9.98 Å². The van der Waals surface area contributed by atoms with Gasteiger partial charge in [0.25, 0.3) is 0 Å². The van der Waals surface area contributed by atoms with Crippen molar-refractivity contribution in [1.29, 1.82) is 0 Å². The third kappa shape index (κ3) is 1.97. The van der Waals surface area contributed by atoms with Crippen LogP contribution in [0.3, 0.4) is 0 Å². The summed E-state index contributed by atoms with van der Waals surface area (Å²) in [5.74, 6) is 0. The van der Waals surface area contributed by atoms with Gasteiger partial charge in [0, 0.05) is 10.2 Å². The Balaban J connectivity index is 2.12. The molecule has 0 radical (unpaired) electrons. The minimum atomic E-state index is -0.175. The Kier molecular flexibility index (Phi) is 2.95. The second-order valence-corrected chi connectivity index (χ2v) is 5.73. The van der Waals surface area contributed by atoms with Gasteiger partial charge in [-0.25, -0.2) is 0 Å². The Labute approximate surface area is 121 Å². The number of nitrogen functional groups attached to an aromatic ring is 1. The summed E-state index contributed by atoms with van der Waals surface area (Å²) in [7, 11) is 0. The van der Waals surface area contributed by atoms with Crippen LogP contribution in [0.5, 0.6) is 0 Å². The first kappa shape index (κ1) is 11.9. The van der Waals surface area contributed by atoms with Gasteiger partial charge >= 0.3 is 0 Å². The third-order valence-corrected chi connectivity index (χ3v) is 4.17. The van der Waals surface area contributed by atoms with Gasteiger partial charge in [0.1, 0.15) is 5.36 Å². The van der Waals surface area contributed by atoms with E-state index in [0.717, 1.165) is 25.2 Å². The average molecular weight is 367 g/mol. The summed E-state index contributed by atoms with van der Waals surface area (Å²) in [6, 6.07) is 11.8. The Morgan fingerprint density at radius 3 is 2.39 bits per heavy atom. The first-order valence-corrected chi connectivity index (χ1v) is 6.99. The second-order valence-electron chi connectivity index (χ2n) is 4.02. The van der Waals surface area contributed by atoms with Gasteiger partial charge in [-0.1, -0.05) is 28.1 Å². The lowest BCUT2D eigenvalue weighted by Crippen LogP contribution is -2.23. The predicted molar refractivity (Wildman–Crippen MR) is 77.7 cm³/mol. The van der Waals surface area contributed by atoms with E-state index in [9.17, 15) is 0 Å². The SMILES string of the molecule is Nc1ccc2c(c1Br)=NC(c1ccc(Br)cc1)N=2. The van der Waals surface area contributed by atoms with Crippen molar-refractivity contribution in [2.24, 2.45) is 9.98 Å². The highest BCUT2D eigenvalue weighted by molar-refractivity contribution is 9.10. The molecule has 0 saturated carbocycles. The molecule has 1 unspecified atom stereocenters. The van der Waals surface area contributed by atoms with Gasteiger partial charge < -0.3 is 5.73 Å². The summed E-state index contributed by atoms with van der Waals surface area (Å²) in [5.41, 5.74) is 7.60. The molecule has 2 N–H and O–H groups in total. The van der Waals surface area contributed by atoms with E-state index < -0.39 is 0 Å². The fourth-order valence-electron chi connectivity index (χ4n) is 1.86. The molecule has 5 heteroatoms. The fraction of sp³-hybridized carbons (Fsp3) is 0.0769. The van der Waals surface area contributed by atoms with Crippen LogP contribution in [0.25, 0.3) is 0 Å². The number of fused-ring (bicyclic) bond motifs is 1. The van der Waals surface area contributed by atoms with Crippen molar-refractivity contribution in [2.45, 2.75) is 6.17 Å². The number of halogens is 2. The van der Waals surface area contributed by atoms with Crippen LogP contribution in [0.1, 0.15) is 11.7 Å². The molecule has 90 valence electrons. The summed E-state index contributed by atoms with van der Waals surface area (Å²) >= 11 is 6.87. The molecule has 0 saturated heterocycles. The van der Waals surface area contributed by atoms with Crippen LogP contribution in [0.2, 0.25) is 0 Å². The van der Waals surface area contributed by atoms with Crippen LogP contribution >= 0.6 is 31.9 Å². The Morgan fingerprint density at radius 2 is 1.67 bits per heavy atom. The molecule has 1 aliphatic heterocycles. The van der Waals surface area contributed by atoms with Crippen molar-refractivity contribution in [3.05, 3.63) is 61.6 Å². The van der Waals surface area contributed by atoms with E-state index in [4.69, 9.17) is 5.73 Å². The van der Waals surface area contributed by atoms with Gasteiger partial charge in [0.05, 0.1) is 9.83 Å². The summed E-state index contributed by atoms with van der Waals surface area (Å²) in [6.45, 7) is 0. The van der Waals surface area contributed by atoms with Gasteiger partial charge in [0.2, 0.25) is 0 Å². The minimum Gasteiger partial charge on any atom is -0.398 e. The molecule has 18 heavy (non-hydrogen) atoms. The van der Waals surface area contributed by atoms with Crippen LogP contribution < -0.4 is 16.4 Å². The number of nitrogens with zero attached hydrogens (tertiary/aromatic N) is 2. The maximum Gasteiger partial charge on any atom is 0.166 e. The van der Waals surface area contributed by atoms with E-state index in [1.807, 2.05) is 36.4 Å². The lowest BCUT2D eigenvalue weighted by atomic mass is 10.2. The Hall–Kier alpha value is -1.20. The lowest BCUT2D eigenvalue weighted by Gasteiger charge is -2.03. The monoisotopic (exact) mass is 365 g/mol. The maximum atomic E-state index is 5.84. The molecule has 1 atom stereocenters. The van der Waals surface area contributed by atoms with Crippen molar-refractivity contribution >= 4 is 37.5 Å². The zero-order valence-electron chi connectivity index (χ0n) is 9.27. The molecule has 0 aliphatic carbocycles. The van der Waals surface area contributed by atoms with Gasteiger partial charge in [-0.15, -0.1) is 0 Å². The smallest absolute Gasteiger partial charge is 0.166 e. The number of nitrogens with two attached hydrogens (primary N) is 1. The molecule has 2 aromatic rings. The van der Waals surface area contributed by atoms with E-state index in [1.165, 1.54) is 0 Å². The molecule has 0 aromatic heterocycles. The molecule has 3 nitrogen and oxygen atoms in total. The summed E-state index contributed by atoms with van der Waals surface area (Å²) < 4.78 is 1.87. The highest BCUT2D eigenvalue weighted by Crippen LogP contribution is 2.23. The van der Waals surface area contributed by atoms with E-state index in [0.29, 0.717) is 5.69 Å². The highest BCUT2D eigenvalue weighted by atomic mass is 79.9. The number of hydrogen-bond donors (Lipinski definition) is 1. The van der Waals surface area contributed by atoms with Crippen molar-refractivity contribution in [3.63, 3.8) is 0 Å². The van der Waals surface area contributed by atoms with E-state index in [-0.39, 0.29) is 6.17 Å².